The summed E-state index contributed by atoms with van der Waals surface area (Å²) in [5.74, 6) is -0.984. The molecule has 1 aliphatic rings. The molecule has 2 rings (SSSR count). The van der Waals surface area contributed by atoms with Crippen LogP contribution in [0.2, 0.25) is 0 Å². The molecule has 4 nitrogen and oxygen atoms in total. The molecule has 0 bridgehead atoms. The maximum atomic E-state index is 11.0. The zero-order valence-electron chi connectivity index (χ0n) is 9.99. The van der Waals surface area contributed by atoms with Crippen LogP contribution in [-0.4, -0.2) is 16.6 Å². The zero-order valence-corrected chi connectivity index (χ0v) is 9.99. The van der Waals surface area contributed by atoms with Gasteiger partial charge in [-0.05, 0) is 31.9 Å². The third-order valence-electron chi connectivity index (χ3n) is 3.48. The van der Waals surface area contributed by atoms with Gasteiger partial charge in [-0.3, -0.25) is 0 Å². The van der Waals surface area contributed by atoms with Gasteiger partial charge in [0.15, 0.2) is 0 Å². The highest BCUT2D eigenvalue weighted by Crippen LogP contribution is 2.35. The summed E-state index contributed by atoms with van der Waals surface area (Å²) in [5.41, 5.74) is 7.15. The zero-order chi connectivity index (χ0) is 12.5. The molecule has 1 aromatic carbocycles. The van der Waals surface area contributed by atoms with Crippen LogP contribution in [0.3, 0.4) is 0 Å². The summed E-state index contributed by atoms with van der Waals surface area (Å²) in [6.07, 6.45) is 4.62. The molecule has 92 valence electrons. The van der Waals surface area contributed by atoms with Gasteiger partial charge in [0.1, 0.15) is 0 Å². The van der Waals surface area contributed by atoms with Crippen molar-refractivity contribution in [2.75, 3.05) is 11.1 Å². The van der Waals surface area contributed by atoms with Crippen LogP contribution in [0.1, 0.15) is 43.0 Å². The molecule has 0 saturated heterocycles. The van der Waals surface area contributed by atoms with E-state index in [4.69, 9.17) is 10.8 Å². The third-order valence-corrected chi connectivity index (χ3v) is 3.48. The summed E-state index contributed by atoms with van der Waals surface area (Å²) in [6.45, 7) is 2.16. The average molecular weight is 234 g/mol. The maximum absolute atomic E-state index is 11.0. The highest BCUT2D eigenvalue weighted by atomic mass is 16.4. The predicted molar refractivity (Wildman–Crippen MR) is 68.3 cm³/mol. The molecule has 1 fully saturated rings. The monoisotopic (exact) mass is 234 g/mol. The first kappa shape index (κ1) is 11.8. The van der Waals surface area contributed by atoms with E-state index in [1.807, 2.05) is 6.07 Å². The van der Waals surface area contributed by atoms with Gasteiger partial charge in [0, 0.05) is 5.54 Å². The van der Waals surface area contributed by atoms with Gasteiger partial charge >= 0.3 is 5.97 Å². The van der Waals surface area contributed by atoms with Crippen molar-refractivity contribution < 1.29 is 9.90 Å². The molecule has 0 aromatic heterocycles. The van der Waals surface area contributed by atoms with Gasteiger partial charge in [-0.15, -0.1) is 0 Å². The number of carbonyl (C=O) groups is 1. The minimum Gasteiger partial charge on any atom is -0.478 e. The lowest BCUT2D eigenvalue weighted by atomic mass is 9.99. The van der Waals surface area contributed by atoms with Crippen LogP contribution >= 0.6 is 0 Å². The van der Waals surface area contributed by atoms with Crippen LogP contribution in [0.25, 0.3) is 0 Å². The van der Waals surface area contributed by atoms with Crippen molar-refractivity contribution in [3.05, 3.63) is 23.8 Å². The van der Waals surface area contributed by atoms with Crippen molar-refractivity contribution in [1.29, 1.82) is 0 Å². The lowest BCUT2D eigenvalue weighted by molar-refractivity contribution is 0.0698. The Labute approximate surface area is 101 Å². The number of hydrogen-bond donors (Lipinski definition) is 3. The summed E-state index contributed by atoms with van der Waals surface area (Å²) in [4.78, 5) is 11.0. The Morgan fingerprint density at radius 3 is 2.65 bits per heavy atom. The number of carboxylic acids is 1. The Morgan fingerprint density at radius 2 is 2.06 bits per heavy atom. The van der Waals surface area contributed by atoms with Crippen LogP contribution in [-0.2, 0) is 0 Å². The molecule has 0 aliphatic heterocycles. The van der Waals surface area contributed by atoms with E-state index in [2.05, 4.69) is 12.2 Å². The number of nitrogens with two attached hydrogens (primary N) is 1. The van der Waals surface area contributed by atoms with E-state index in [9.17, 15) is 4.79 Å². The minimum atomic E-state index is -0.984. The summed E-state index contributed by atoms with van der Waals surface area (Å²) >= 11 is 0. The van der Waals surface area contributed by atoms with Gasteiger partial charge < -0.3 is 16.2 Å². The molecule has 1 saturated carbocycles. The second kappa shape index (κ2) is 4.28. The fourth-order valence-corrected chi connectivity index (χ4v) is 2.47. The molecule has 0 heterocycles. The maximum Gasteiger partial charge on any atom is 0.337 e. The van der Waals surface area contributed by atoms with Crippen molar-refractivity contribution in [2.45, 2.75) is 38.1 Å². The number of benzene rings is 1. The fraction of sp³-hybridized carbons (Fsp3) is 0.462. The molecule has 0 atom stereocenters. The van der Waals surface area contributed by atoms with Gasteiger partial charge in [0.25, 0.3) is 0 Å². The Morgan fingerprint density at radius 1 is 1.41 bits per heavy atom. The lowest BCUT2D eigenvalue weighted by Gasteiger charge is -2.27. The normalized spacial score (nSPS) is 17.9. The van der Waals surface area contributed by atoms with E-state index < -0.39 is 5.97 Å². The molecule has 4 N–H and O–H groups in total. The highest BCUT2D eigenvalue weighted by molar-refractivity contribution is 5.97. The quantitative estimate of drug-likeness (QED) is 0.703. The lowest BCUT2D eigenvalue weighted by Crippen LogP contribution is -2.31. The smallest absolute Gasteiger partial charge is 0.337 e. The van der Waals surface area contributed by atoms with Crippen LogP contribution in [0.5, 0.6) is 0 Å². The first-order valence-electron chi connectivity index (χ1n) is 5.92. The SMILES string of the molecule is CC1(Nc2cccc(C(=O)O)c2N)CCCC1. The second-order valence-electron chi connectivity index (χ2n) is 4.96. The molecule has 17 heavy (non-hydrogen) atoms. The summed E-state index contributed by atoms with van der Waals surface area (Å²) in [5, 5.41) is 12.4. The van der Waals surface area contributed by atoms with Gasteiger partial charge in [0.05, 0.1) is 16.9 Å². The first-order chi connectivity index (χ1) is 8.02. The van der Waals surface area contributed by atoms with E-state index in [0.717, 1.165) is 18.5 Å². The Bertz CT molecular complexity index is 437. The average Bonchev–Trinajstić information content (AvgIpc) is 2.68. The number of nitrogen functional groups attached to an aromatic ring is 1. The van der Waals surface area contributed by atoms with Crippen molar-refractivity contribution in [3.63, 3.8) is 0 Å². The van der Waals surface area contributed by atoms with Gasteiger partial charge in [-0.25, -0.2) is 4.79 Å². The first-order valence-corrected chi connectivity index (χ1v) is 5.92. The molecular weight excluding hydrogens is 216 g/mol. The van der Waals surface area contributed by atoms with Gasteiger partial charge in [0.2, 0.25) is 0 Å². The topological polar surface area (TPSA) is 75.3 Å². The molecular formula is C13H18N2O2. The number of hydrogen-bond acceptors (Lipinski definition) is 3. The van der Waals surface area contributed by atoms with Crippen molar-refractivity contribution in [2.24, 2.45) is 0 Å². The minimum absolute atomic E-state index is 0.0469. The van der Waals surface area contributed by atoms with Gasteiger partial charge in [-0.2, -0.15) is 0 Å². The third kappa shape index (κ3) is 2.35. The van der Waals surface area contributed by atoms with Gasteiger partial charge in [-0.1, -0.05) is 18.9 Å². The van der Waals surface area contributed by atoms with E-state index in [1.54, 1.807) is 6.07 Å². The van der Waals surface area contributed by atoms with Crippen LogP contribution in [0.15, 0.2) is 18.2 Å². The molecule has 0 radical (unpaired) electrons. The number of para-hydroxylation sites is 1. The molecule has 0 amide bonds. The van der Waals surface area contributed by atoms with E-state index in [-0.39, 0.29) is 11.1 Å². The Balaban J connectivity index is 2.27. The fourth-order valence-electron chi connectivity index (χ4n) is 2.47. The number of rotatable bonds is 3. The summed E-state index contributed by atoms with van der Waals surface area (Å²) in [7, 11) is 0. The second-order valence-corrected chi connectivity index (χ2v) is 4.96. The van der Waals surface area contributed by atoms with E-state index in [0.29, 0.717) is 5.69 Å². The standard InChI is InChI=1S/C13H18N2O2/c1-13(7-2-3-8-13)15-10-6-4-5-9(11(10)14)12(16)17/h4-6,15H,2-3,7-8,14H2,1H3,(H,16,17). The van der Waals surface area contributed by atoms with Crippen LogP contribution < -0.4 is 11.1 Å². The number of nitrogens with one attached hydrogen (secondary N) is 1. The molecule has 4 heteroatoms. The highest BCUT2D eigenvalue weighted by Gasteiger charge is 2.29. The molecule has 1 aromatic rings. The van der Waals surface area contributed by atoms with Crippen molar-refractivity contribution >= 4 is 17.3 Å². The van der Waals surface area contributed by atoms with Crippen molar-refractivity contribution in [1.82, 2.24) is 0 Å². The number of carboxylic acid groups (broad SMARTS) is 1. The predicted octanol–water partition coefficient (Wildman–Crippen LogP) is 2.71. The van der Waals surface area contributed by atoms with Crippen LogP contribution in [0.4, 0.5) is 11.4 Å². The Hall–Kier alpha value is -1.71. The van der Waals surface area contributed by atoms with Crippen molar-refractivity contribution in [3.8, 4) is 0 Å². The van der Waals surface area contributed by atoms with Crippen LogP contribution in [0, 0.1) is 0 Å². The molecule has 1 aliphatic carbocycles. The summed E-state index contributed by atoms with van der Waals surface area (Å²) < 4.78 is 0. The number of anilines is 2. The Kier molecular flexibility index (Phi) is 2.96. The van der Waals surface area contributed by atoms with E-state index in [1.165, 1.54) is 18.9 Å². The molecule has 0 unspecified atom stereocenters. The molecule has 0 spiro atoms. The van der Waals surface area contributed by atoms with E-state index >= 15 is 0 Å². The largest absolute Gasteiger partial charge is 0.478 e. The summed E-state index contributed by atoms with van der Waals surface area (Å²) in [6, 6.07) is 5.09. The number of aromatic carboxylic acids is 1.